The molecule has 0 unspecified atom stereocenters. The number of amides is 1. The van der Waals surface area contributed by atoms with Gasteiger partial charge >= 0.3 is 5.97 Å². The molecule has 0 atom stereocenters. The van der Waals surface area contributed by atoms with Gasteiger partial charge in [-0.1, -0.05) is 6.07 Å². The molecule has 0 radical (unpaired) electrons. The van der Waals surface area contributed by atoms with Crippen molar-refractivity contribution >= 4 is 21.7 Å². The van der Waals surface area contributed by atoms with E-state index in [1.165, 1.54) is 33.1 Å². The minimum atomic E-state index is -3.42. The molecule has 0 spiro atoms. The Kier molecular flexibility index (Phi) is 6.56. The van der Waals surface area contributed by atoms with Crippen molar-refractivity contribution in [3.63, 3.8) is 0 Å². The van der Waals surface area contributed by atoms with Gasteiger partial charge in [0.1, 0.15) is 11.5 Å². The lowest BCUT2D eigenvalue weighted by Crippen LogP contribution is -2.34. The van der Waals surface area contributed by atoms with Gasteiger partial charge in [0.2, 0.25) is 5.91 Å². The van der Waals surface area contributed by atoms with E-state index in [1.54, 1.807) is 6.07 Å². The van der Waals surface area contributed by atoms with E-state index in [4.69, 9.17) is 9.84 Å². The molecule has 128 valence electrons. The number of carbonyl (C=O) groups excluding carboxylic acids is 1. The molecule has 0 aliphatic heterocycles. The Hall–Kier alpha value is -2.09. The van der Waals surface area contributed by atoms with Gasteiger partial charge in [0.25, 0.3) is 0 Å². The van der Waals surface area contributed by atoms with E-state index in [9.17, 15) is 18.0 Å². The maximum Gasteiger partial charge on any atom is 0.335 e. The maximum atomic E-state index is 11.7. The molecule has 8 heteroatoms. The number of hydrogen-bond donors (Lipinski definition) is 2. The number of nitrogens with one attached hydrogen (secondary N) is 1. The molecule has 2 N–H and O–H groups in total. The van der Waals surface area contributed by atoms with Crippen LogP contribution in [0.15, 0.2) is 18.2 Å². The average molecular weight is 343 g/mol. The largest absolute Gasteiger partial charge is 0.496 e. The molecule has 23 heavy (non-hydrogen) atoms. The van der Waals surface area contributed by atoms with Crippen LogP contribution in [0, 0.1) is 0 Å². The minimum Gasteiger partial charge on any atom is -0.496 e. The smallest absolute Gasteiger partial charge is 0.335 e. The van der Waals surface area contributed by atoms with Crippen LogP contribution in [-0.2, 0) is 21.1 Å². The number of benzene rings is 1. The van der Waals surface area contributed by atoms with Crippen molar-refractivity contribution in [2.45, 2.75) is 25.5 Å². The lowest BCUT2D eigenvalue weighted by molar-refractivity contribution is -0.118. The molecule has 1 rings (SSSR count). The molecule has 0 aliphatic carbocycles. The van der Waals surface area contributed by atoms with Gasteiger partial charge < -0.3 is 15.2 Å². The average Bonchev–Trinajstić information content (AvgIpc) is 2.46. The first-order chi connectivity index (χ1) is 10.7. The number of methoxy groups -OCH3 is 1. The van der Waals surface area contributed by atoms with Gasteiger partial charge in [-0.05, 0) is 38.0 Å². The highest BCUT2D eigenvalue weighted by atomic mass is 32.2. The summed E-state index contributed by atoms with van der Waals surface area (Å²) in [5, 5.41) is 10.9. The number of ether oxygens (including phenoxy) is 1. The molecule has 1 aromatic carbocycles. The maximum absolute atomic E-state index is 11.7. The third-order valence-electron chi connectivity index (χ3n) is 3.30. The van der Waals surface area contributed by atoms with Gasteiger partial charge in [0, 0.05) is 6.54 Å². The fraction of sp³-hybridized carbons (Fsp3) is 0.467. The summed E-state index contributed by atoms with van der Waals surface area (Å²) in [7, 11) is -1.99. The molecule has 7 nitrogen and oxygen atoms in total. The quantitative estimate of drug-likeness (QED) is 0.725. The molecule has 0 saturated carbocycles. The van der Waals surface area contributed by atoms with E-state index in [-0.39, 0.29) is 12.1 Å². The number of sulfone groups is 1. The number of hydrogen-bond acceptors (Lipinski definition) is 5. The van der Waals surface area contributed by atoms with Crippen molar-refractivity contribution in [3.05, 3.63) is 29.3 Å². The predicted octanol–water partition coefficient (Wildman–Crippen LogP) is 0.875. The Morgan fingerprint density at radius 1 is 1.30 bits per heavy atom. The fourth-order valence-corrected chi connectivity index (χ4v) is 2.62. The van der Waals surface area contributed by atoms with E-state index in [0.29, 0.717) is 12.2 Å². The van der Waals surface area contributed by atoms with Crippen LogP contribution in [0.4, 0.5) is 0 Å². The molecular formula is C15H21NO6S. The van der Waals surface area contributed by atoms with Gasteiger partial charge in [-0.25, -0.2) is 13.2 Å². The zero-order valence-corrected chi connectivity index (χ0v) is 14.1. The summed E-state index contributed by atoms with van der Waals surface area (Å²) in [5.74, 6) is -1.74. The van der Waals surface area contributed by atoms with Crippen LogP contribution < -0.4 is 10.1 Å². The first-order valence-corrected chi connectivity index (χ1v) is 8.77. The molecule has 0 bridgehead atoms. The zero-order chi connectivity index (χ0) is 17.6. The van der Waals surface area contributed by atoms with Gasteiger partial charge in [0.15, 0.2) is 9.84 Å². The summed E-state index contributed by atoms with van der Waals surface area (Å²) in [5.41, 5.74) is 0.835. The molecule has 0 heterocycles. The first kappa shape index (κ1) is 19.0. The van der Waals surface area contributed by atoms with Crippen LogP contribution in [0.1, 0.15) is 29.8 Å². The summed E-state index contributed by atoms with van der Waals surface area (Å²) in [6.07, 6.45) is 0.399. The van der Waals surface area contributed by atoms with Gasteiger partial charge in [0.05, 0.1) is 17.9 Å². The van der Waals surface area contributed by atoms with E-state index >= 15 is 0 Å². The fourth-order valence-electron chi connectivity index (χ4n) is 1.82. The highest BCUT2D eigenvalue weighted by Gasteiger charge is 2.20. The van der Waals surface area contributed by atoms with E-state index in [0.717, 1.165) is 5.56 Å². The Balaban J connectivity index is 2.62. The Bertz CT molecular complexity index is 681. The van der Waals surface area contributed by atoms with Crippen LogP contribution in [0.2, 0.25) is 0 Å². The summed E-state index contributed by atoms with van der Waals surface area (Å²) >= 11 is 0. The Morgan fingerprint density at radius 3 is 2.48 bits per heavy atom. The normalized spacial score (nSPS) is 11.3. The topological polar surface area (TPSA) is 110 Å². The van der Waals surface area contributed by atoms with Crippen LogP contribution in [0.3, 0.4) is 0 Å². The highest BCUT2D eigenvalue weighted by Crippen LogP contribution is 2.20. The van der Waals surface area contributed by atoms with Crippen molar-refractivity contribution in [3.8, 4) is 5.75 Å². The molecule has 0 saturated heterocycles. The zero-order valence-electron chi connectivity index (χ0n) is 13.3. The Morgan fingerprint density at radius 2 is 1.96 bits per heavy atom. The van der Waals surface area contributed by atoms with Crippen molar-refractivity contribution in [2.24, 2.45) is 0 Å². The molecule has 1 aromatic rings. The summed E-state index contributed by atoms with van der Waals surface area (Å²) < 4.78 is 28.4. The molecular weight excluding hydrogens is 322 g/mol. The van der Waals surface area contributed by atoms with Crippen LogP contribution >= 0.6 is 0 Å². The molecule has 1 amide bonds. The summed E-state index contributed by atoms with van der Waals surface area (Å²) in [6, 6.07) is 4.47. The third kappa shape index (κ3) is 5.55. The molecule has 0 aromatic heterocycles. The molecule has 0 aliphatic rings. The van der Waals surface area contributed by atoms with Crippen LogP contribution in [0.5, 0.6) is 5.75 Å². The number of carbonyl (C=O) groups is 2. The van der Waals surface area contributed by atoms with Gasteiger partial charge in [-0.2, -0.15) is 0 Å². The van der Waals surface area contributed by atoms with Gasteiger partial charge in [-0.3, -0.25) is 4.79 Å². The first-order valence-electron chi connectivity index (χ1n) is 7.06. The van der Waals surface area contributed by atoms with Crippen molar-refractivity contribution in [1.29, 1.82) is 0 Å². The van der Waals surface area contributed by atoms with E-state index in [2.05, 4.69) is 5.32 Å². The van der Waals surface area contributed by atoms with Crippen molar-refractivity contribution in [2.75, 3.05) is 19.4 Å². The van der Waals surface area contributed by atoms with E-state index < -0.39 is 32.7 Å². The monoisotopic (exact) mass is 343 g/mol. The standard InChI is InChI=1S/C15H21NO6S/c1-10(2)23(20,21)9-14(17)16-7-6-11-4-5-12(15(18)19)8-13(11)22-3/h4-5,8,10H,6-7,9H2,1-3H3,(H,16,17)(H,18,19). The van der Waals surface area contributed by atoms with E-state index in [1.807, 2.05) is 0 Å². The lowest BCUT2D eigenvalue weighted by Gasteiger charge is -2.11. The predicted molar refractivity (Wildman–Crippen MR) is 85.6 cm³/mol. The third-order valence-corrected chi connectivity index (χ3v) is 5.40. The summed E-state index contributed by atoms with van der Waals surface area (Å²) in [4.78, 5) is 22.6. The number of carboxylic acids is 1. The highest BCUT2D eigenvalue weighted by molar-refractivity contribution is 7.92. The van der Waals surface area contributed by atoms with Crippen LogP contribution in [-0.4, -0.2) is 50.1 Å². The SMILES string of the molecule is COc1cc(C(=O)O)ccc1CCNC(=O)CS(=O)(=O)C(C)C. The van der Waals surface area contributed by atoms with Crippen molar-refractivity contribution < 1.29 is 27.9 Å². The second-order valence-electron chi connectivity index (χ2n) is 5.29. The Labute approximate surface area is 135 Å². The summed E-state index contributed by atoms with van der Waals surface area (Å²) in [6.45, 7) is 3.28. The van der Waals surface area contributed by atoms with Crippen molar-refractivity contribution in [1.82, 2.24) is 5.32 Å². The lowest BCUT2D eigenvalue weighted by atomic mass is 10.1. The number of carboxylic acid groups (broad SMARTS) is 1. The minimum absolute atomic E-state index is 0.109. The van der Waals surface area contributed by atoms with Crippen LogP contribution in [0.25, 0.3) is 0 Å². The van der Waals surface area contributed by atoms with Gasteiger partial charge in [-0.15, -0.1) is 0 Å². The number of aromatic carboxylic acids is 1. The second-order valence-corrected chi connectivity index (χ2v) is 7.84. The number of rotatable bonds is 8. The molecule has 0 fully saturated rings. The second kappa shape index (κ2) is 7.96.